The summed E-state index contributed by atoms with van der Waals surface area (Å²) in [5.41, 5.74) is 0. The van der Waals surface area contributed by atoms with E-state index in [1.807, 2.05) is 22.7 Å². The first kappa shape index (κ1) is 12.4. The van der Waals surface area contributed by atoms with Crippen molar-refractivity contribution >= 4 is 22.7 Å². The monoisotopic (exact) mass is 277 g/mol. The topological polar surface area (TPSA) is 12.0 Å². The third-order valence-corrected chi connectivity index (χ3v) is 5.96. The third kappa shape index (κ3) is 2.27. The molecular weight excluding hydrogens is 258 g/mol. The lowest BCUT2D eigenvalue weighted by Gasteiger charge is -2.39. The molecule has 3 heteroatoms. The normalized spacial score (nSPS) is 32.6. The number of piperidine rings is 1. The van der Waals surface area contributed by atoms with Gasteiger partial charge in [-0.05, 0) is 42.2 Å². The highest BCUT2D eigenvalue weighted by atomic mass is 32.1. The second kappa shape index (κ2) is 5.16. The highest BCUT2D eigenvalue weighted by Crippen LogP contribution is 2.41. The van der Waals surface area contributed by atoms with E-state index in [-0.39, 0.29) is 0 Å². The highest BCUT2D eigenvalue weighted by Gasteiger charge is 2.34. The summed E-state index contributed by atoms with van der Waals surface area (Å²) in [6.07, 6.45) is 1.29. The number of hydrogen-bond donors (Lipinski definition) is 1. The lowest BCUT2D eigenvalue weighted by atomic mass is 9.80. The Morgan fingerprint density at radius 2 is 1.72 bits per heavy atom. The van der Waals surface area contributed by atoms with Crippen LogP contribution in [0.4, 0.5) is 0 Å². The van der Waals surface area contributed by atoms with E-state index in [0.29, 0.717) is 23.9 Å². The highest BCUT2D eigenvalue weighted by molar-refractivity contribution is 7.10. The predicted molar refractivity (Wildman–Crippen MR) is 80.5 cm³/mol. The third-order valence-electron chi connectivity index (χ3n) is 4.00. The van der Waals surface area contributed by atoms with Crippen LogP contribution in [0.1, 0.15) is 42.0 Å². The molecule has 1 fully saturated rings. The molecule has 2 aromatic heterocycles. The SMILES string of the molecule is CC1CC(c2cccs2)C(C)NC1c1cccs1. The van der Waals surface area contributed by atoms with Crippen molar-refractivity contribution in [1.29, 1.82) is 0 Å². The summed E-state index contributed by atoms with van der Waals surface area (Å²) in [4.78, 5) is 3.02. The van der Waals surface area contributed by atoms with Crippen molar-refractivity contribution in [3.8, 4) is 0 Å². The molecule has 3 rings (SSSR count). The minimum Gasteiger partial charge on any atom is -0.306 e. The minimum absolute atomic E-state index is 0.538. The van der Waals surface area contributed by atoms with E-state index in [0.717, 1.165) is 0 Å². The Kier molecular flexibility index (Phi) is 3.55. The summed E-state index contributed by atoms with van der Waals surface area (Å²) in [6, 6.07) is 9.97. The Labute approximate surface area is 117 Å². The zero-order chi connectivity index (χ0) is 12.5. The second-order valence-electron chi connectivity index (χ2n) is 5.28. The average molecular weight is 277 g/mol. The first-order chi connectivity index (χ1) is 8.75. The van der Waals surface area contributed by atoms with Crippen LogP contribution in [0.5, 0.6) is 0 Å². The number of hydrogen-bond acceptors (Lipinski definition) is 3. The molecule has 0 radical (unpaired) electrons. The van der Waals surface area contributed by atoms with Crippen molar-refractivity contribution in [2.24, 2.45) is 5.92 Å². The standard InChI is InChI=1S/C15H19NS2/c1-10-9-12(13-5-3-7-17-13)11(2)16-15(10)14-6-4-8-18-14/h3-8,10-12,15-16H,9H2,1-2H3. The molecule has 1 saturated heterocycles. The van der Waals surface area contributed by atoms with Gasteiger partial charge in [0.05, 0.1) is 0 Å². The fraction of sp³-hybridized carbons (Fsp3) is 0.467. The second-order valence-corrected chi connectivity index (χ2v) is 7.24. The molecule has 0 saturated carbocycles. The molecule has 96 valence electrons. The van der Waals surface area contributed by atoms with Crippen molar-refractivity contribution in [2.75, 3.05) is 0 Å². The van der Waals surface area contributed by atoms with Gasteiger partial charge in [-0.2, -0.15) is 0 Å². The Morgan fingerprint density at radius 1 is 1.06 bits per heavy atom. The molecule has 0 amide bonds. The predicted octanol–water partition coefficient (Wildman–Crippen LogP) is 4.65. The van der Waals surface area contributed by atoms with Crippen molar-refractivity contribution < 1.29 is 0 Å². The van der Waals surface area contributed by atoms with Gasteiger partial charge in [0.2, 0.25) is 0 Å². The molecule has 1 aliphatic heterocycles. The smallest absolute Gasteiger partial charge is 0.0443 e. The number of rotatable bonds is 2. The van der Waals surface area contributed by atoms with Crippen molar-refractivity contribution in [1.82, 2.24) is 5.32 Å². The molecule has 1 N–H and O–H groups in total. The van der Waals surface area contributed by atoms with E-state index in [1.165, 1.54) is 16.2 Å². The maximum atomic E-state index is 3.82. The quantitative estimate of drug-likeness (QED) is 0.842. The van der Waals surface area contributed by atoms with Crippen LogP contribution in [-0.4, -0.2) is 6.04 Å². The van der Waals surface area contributed by atoms with Crippen LogP contribution in [0.25, 0.3) is 0 Å². The van der Waals surface area contributed by atoms with Gasteiger partial charge in [0, 0.05) is 27.8 Å². The molecule has 0 bridgehead atoms. The van der Waals surface area contributed by atoms with Crippen molar-refractivity contribution in [3.63, 3.8) is 0 Å². The van der Waals surface area contributed by atoms with E-state index in [1.54, 1.807) is 0 Å². The molecule has 4 unspecified atom stereocenters. The van der Waals surface area contributed by atoms with Crippen LogP contribution >= 0.6 is 22.7 Å². The molecule has 1 nitrogen and oxygen atoms in total. The molecule has 2 aromatic rings. The van der Waals surface area contributed by atoms with Crippen LogP contribution in [0.2, 0.25) is 0 Å². The largest absolute Gasteiger partial charge is 0.306 e. The molecular formula is C15H19NS2. The zero-order valence-corrected chi connectivity index (χ0v) is 12.4. The first-order valence-electron chi connectivity index (χ1n) is 6.58. The van der Waals surface area contributed by atoms with Crippen LogP contribution in [0.15, 0.2) is 35.0 Å². The summed E-state index contributed by atoms with van der Waals surface area (Å²) in [6.45, 7) is 4.71. The summed E-state index contributed by atoms with van der Waals surface area (Å²) in [5, 5.41) is 8.20. The Bertz CT molecular complexity index is 428. The minimum atomic E-state index is 0.538. The van der Waals surface area contributed by atoms with Gasteiger partial charge in [-0.1, -0.05) is 19.1 Å². The van der Waals surface area contributed by atoms with Gasteiger partial charge in [0.25, 0.3) is 0 Å². The van der Waals surface area contributed by atoms with E-state index >= 15 is 0 Å². The van der Waals surface area contributed by atoms with Gasteiger partial charge in [-0.25, -0.2) is 0 Å². The molecule has 4 atom stereocenters. The Hall–Kier alpha value is -0.640. The maximum absolute atomic E-state index is 3.82. The molecule has 0 aromatic carbocycles. The van der Waals surface area contributed by atoms with E-state index < -0.39 is 0 Å². The van der Waals surface area contributed by atoms with Gasteiger partial charge >= 0.3 is 0 Å². The molecule has 0 aliphatic carbocycles. The summed E-state index contributed by atoms with van der Waals surface area (Å²) >= 11 is 3.77. The van der Waals surface area contributed by atoms with Gasteiger partial charge in [-0.3, -0.25) is 0 Å². The molecule has 1 aliphatic rings. The van der Waals surface area contributed by atoms with Crippen molar-refractivity contribution in [3.05, 3.63) is 44.8 Å². The lowest BCUT2D eigenvalue weighted by molar-refractivity contribution is 0.232. The van der Waals surface area contributed by atoms with Crippen molar-refractivity contribution in [2.45, 2.75) is 38.3 Å². The first-order valence-corrected chi connectivity index (χ1v) is 8.34. The summed E-state index contributed by atoms with van der Waals surface area (Å²) < 4.78 is 0. The van der Waals surface area contributed by atoms with E-state index in [2.05, 4.69) is 54.2 Å². The van der Waals surface area contributed by atoms with Crippen LogP contribution < -0.4 is 5.32 Å². The maximum Gasteiger partial charge on any atom is 0.0443 e. The van der Waals surface area contributed by atoms with Crippen LogP contribution in [-0.2, 0) is 0 Å². The summed E-state index contributed by atoms with van der Waals surface area (Å²) in [7, 11) is 0. The average Bonchev–Trinajstić information content (AvgIpc) is 3.02. The zero-order valence-electron chi connectivity index (χ0n) is 10.8. The number of nitrogens with one attached hydrogen (secondary N) is 1. The Balaban J connectivity index is 1.79. The number of thiophene rings is 2. The van der Waals surface area contributed by atoms with Gasteiger partial charge < -0.3 is 5.32 Å². The van der Waals surface area contributed by atoms with Crippen LogP contribution in [0, 0.1) is 5.92 Å². The molecule has 18 heavy (non-hydrogen) atoms. The van der Waals surface area contributed by atoms with E-state index in [4.69, 9.17) is 0 Å². The fourth-order valence-corrected chi connectivity index (χ4v) is 4.86. The van der Waals surface area contributed by atoms with Crippen LogP contribution in [0.3, 0.4) is 0 Å². The lowest BCUT2D eigenvalue weighted by Crippen LogP contribution is -2.43. The molecule has 0 spiro atoms. The van der Waals surface area contributed by atoms with Gasteiger partial charge in [-0.15, -0.1) is 22.7 Å². The molecule has 3 heterocycles. The fourth-order valence-electron chi connectivity index (χ4n) is 3.00. The summed E-state index contributed by atoms with van der Waals surface area (Å²) in [5.74, 6) is 1.38. The van der Waals surface area contributed by atoms with Gasteiger partial charge in [0.1, 0.15) is 0 Å². The van der Waals surface area contributed by atoms with Gasteiger partial charge in [0.15, 0.2) is 0 Å². The van der Waals surface area contributed by atoms with E-state index in [9.17, 15) is 0 Å². The Morgan fingerprint density at radius 3 is 2.33 bits per heavy atom.